The van der Waals surface area contributed by atoms with Gasteiger partial charge in [0.1, 0.15) is 0 Å². The van der Waals surface area contributed by atoms with Crippen LogP contribution >= 0.6 is 0 Å². The third-order valence-corrected chi connectivity index (χ3v) is 4.59. The van der Waals surface area contributed by atoms with E-state index < -0.39 is 0 Å². The van der Waals surface area contributed by atoms with Crippen molar-refractivity contribution in [2.45, 2.75) is 6.42 Å². The van der Waals surface area contributed by atoms with Gasteiger partial charge in [-0.05, 0) is 23.6 Å². The van der Waals surface area contributed by atoms with Gasteiger partial charge in [0.15, 0.2) is 0 Å². The fraction of sp³-hybridized carbons (Fsp3) is 0.143. The van der Waals surface area contributed by atoms with Crippen LogP contribution in [0.5, 0.6) is 0 Å². The predicted octanol–water partition coefficient (Wildman–Crippen LogP) is 3.83. The van der Waals surface area contributed by atoms with Crippen LogP contribution < -0.4 is 10.2 Å². The molecule has 1 N–H and O–H groups in total. The zero-order chi connectivity index (χ0) is 17.2. The van der Waals surface area contributed by atoms with Crippen LogP contribution in [0.2, 0.25) is 0 Å². The Kier molecular flexibility index (Phi) is 3.94. The molecule has 4 rings (SSSR count). The number of benzene rings is 3. The van der Waals surface area contributed by atoms with E-state index in [1.54, 1.807) is 4.90 Å². The Morgan fingerprint density at radius 1 is 0.920 bits per heavy atom. The Bertz CT molecular complexity index is 932. The van der Waals surface area contributed by atoms with E-state index in [1.165, 1.54) is 0 Å². The minimum atomic E-state index is -0.341. The molecule has 3 aromatic carbocycles. The van der Waals surface area contributed by atoms with Crippen molar-refractivity contribution in [3.8, 4) is 0 Å². The molecule has 0 radical (unpaired) electrons. The van der Waals surface area contributed by atoms with Gasteiger partial charge in [0.2, 0.25) is 11.8 Å². The minimum absolute atomic E-state index is 0.00966. The van der Waals surface area contributed by atoms with Gasteiger partial charge in [-0.1, -0.05) is 54.6 Å². The highest BCUT2D eigenvalue weighted by Gasteiger charge is 2.35. The summed E-state index contributed by atoms with van der Waals surface area (Å²) >= 11 is 0. The molecule has 124 valence electrons. The maximum Gasteiger partial charge on any atom is 0.229 e. The lowest BCUT2D eigenvalue weighted by Gasteiger charge is -2.19. The van der Waals surface area contributed by atoms with Crippen LogP contribution in [0.25, 0.3) is 10.8 Å². The van der Waals surface area contributed by atoms with Crippen LogP contribution in [-0.4, -0.2) is 18.4 Å². The molecule has 1 aliphatic heterocycles. The average molecular weight is 330 g/mol. The molecule has 1 aliphatic rings. The van der Waals surface area contributed by atoms with Gasteiger partial charge in [-0.2, -0.15) is 0 Å². The Morgan fingerprint density at radius 3 is 2.48 bits per heavy atom. The topological polar surface area (TPSA) is 49.4 Å². The quantitative estimate of drug-likeness (QED) is 0.793. The number of rotatable bonds is 3. The third kappa shape index (κ3) is 2.98. The lowest BCUT2D eigenvalue weighted by Crippen LogP contribution is -2.28. The largest absolute Gasteiger partial charge is 0.326 e. The molecule has 4 heteroatoms. The molecule has 0 aromatic heterocycles. The van der Waals surface area contributed by atoms with Crippen molar-refractivity contribution >= 4 is 34.0 Å². The summed E-state index contributed by atoms with van der Waals surface area (Å²) in [6.45, 7) is 0.408. The van der Waals surface area contributed by atoms with Gasteiger partial charge in [-0.25, -0.2) is 0 Å². The molecule has 3 aromatic rings. The van der Waals surface area contributed by atoms with Gasteiger partial charge in [0, 0.05) is 24.0 Å². The fourth-order valence-electron chi connectivity index (χ4n) is 3.33. The van der Waals surface area contributed by atoms with Crippen LogP contribution in [-0.2, 0) is 9.59 Å². The Hall–Kier alpha value is -3.14. The van der Waals surface area contributed by atoms with Crippen molar-refractivity contribution in [2.75, 3.05) is 16.8 Å². The van der Waals surface area contributed by atoms with E-state index in [9.17, 15) is 9.59 Å². The first kappa shape index (κ1) is 15.4. The van der Waals surface area contributed by atoms with Gasteiger partial charge >= 0.3 is 0 Å². The smallest absolute Gasteiger partial charge is 0.229 e. The lowest BCUT2D eigenvalue weighted by atomic mass is 10.1. The maximum atomic E-state index is 12.5. The van der Waals surface area contributed by atoms with Crippen molar-refractivity contribution in [3.05, 3.63) is 72.8 Å². The summed E-state index contributed by atoms with van der Waals surface area (Å²) in [4.78, 5) is 26.8. The monoisotopic (exact) mass is 330 g/mol. The number of amides is 2. The average Bonchev–Trinajstić information content (AvgIpc) is 3.04. The van der Waals surface area contributed by atoms with Gasteiger partial charge in [-0.15, -0.1) is 0 Å². The summed E-state index contributed by atoms with van der Waals surface area (Å²) in [5.41, 5.74) is 1.63. The molecule has 1 atom stereocenters. The molecule has 1 unspecified atom stereocenters. The van der Waals surface area contributed by atoms with Crippen LogP contribution in [0.1, 0.15) is 6.42 Å². The molecule has 1 fully saturated rings. The Labute approximate surface area is 146 Å². The van der Waals surface area contributed by atoms with Gasteiger partial charge in [-0.3, -0.25) is 9.59 Å². The molecule has 25 heavy (non-hydrogen) atoms. The SMILES string of the molecule is O=C(Nc1ccccc1)C1CC(=O)N(c2cccc3ccccc23)C1. The number of anilines is 2. The predicted molar refractivity (Wildman–Crippen MR) is 99.5 cm³/mol. The highest BCUT2D eigenvalue weighted by molar-refractivity contribution is 6.08. The number of hydrogen-bond acceptors (Lipinski definition) is 2. The van der Waals surface area contributed by atoms with Crippen molar-refractivity contribution in [2.24, 2.45) is 5.92 Å². The normalized spacial score (nSPS) is 17.0. The second-order valence-corrected chi connectivity index (χ2v) is 6.26. The van der Waals surface area contributed by atoms with E-state index >= 15 is 0 Å². The molecular formula is C21H18N2O2. The van der Waals surface area contributed by atoms with Crippen LogP contribution in [0.15, 0.2) is 72.8 Å². The van der Waals surface area contributed by atoms with Crippen molar-refractivity contribution < 1.29 is 9.59 Å². The molecule has 4 nitrogen and oxygen atoms in total. The van der Waals surface area contributed by atoms with E-state index in [1.807, 2.05) is 72.8 Å². The maximum absolute atomic E-state index is 12.5. The van der Waals surface area contributed by atoms with E-state index in [2.05, 4.69) is 5.32 Å². The number of hydrogen-bond donors (Lipinski definition) is 1. The van der Waals surface area contributed by atoms with E-state index in [0.29, 0.717) is 6.54 Å². The summed E-state index contributed by atoms with van der Waals surface area (Å²) in [6, 6.07) is 23.2. The van der Waals surface area contributed by atoms with Crippen LogP contribution in [0.3, 0.4) is 0 Å². The first-order chi connectivity index (χ1) is 12.2. The van der Waals surface area contributed by atoms with Gasteiger partial charge < -0.3 is 10.2 Å². The number of nitrogens with one attached hydrogen (secondary N) is 1. The Balaban J connectivity index is 1.57. The molecular weight excluding hydrogens is 312 g/mol. The summed E-state index contributed by atoms with van der Waals surface area (Å²) in [7, 11) is 0. The number of fused-ring (bicyclic) bond motifs is 1. The van der Waals surface area contributed by atoms with Gasteiger partial charge in [0.25, 0.3) is 0 Å². The first-order valence-electron chi connectivity index (χ1n) is 8.36. The zero-order valence-electron chi connectivity index (χ0n) is 13.7. The Morgan fingerprint density at radius 2 is 1.64 bits per heavy atom. The standard InChI is InChI=1S/C21H18N2O2/c24-20-13-16(21(25)22-17-9-2-1-3-10-17)14-23(20)19-12-6-8-15-7-4-5-11-18(15)19/h1-12,16H,13-14H2,(H,22,25). The van der Waals surface area contributed by atoms with Crippen LogP contribution in [0.4, 0.5) is 11.4 Å². The number of nitrogens with zero attached hydrogens (tertiary/aromatic N) is 1. The molecule has 2 amide bonds. The van der Waals surface area contributed by atoms with Crippen molar-refractivity contribution in [1.82, 2.24) is 0 Å². The number of carbonyl (C=O) groups excluding carboxylic acids is 2. The summed E-state index contributed by atoms with van der Waals surface area (Å²) < 4.78 is 0. The second-order valence-electron chi connectivity index (χ2n) is 6.26. The third-order valence-electron chi connectivity index (χ3n) is 4.59. The van der Waals surface area contributed by atoms with Gasteiger partial charge in [0.05, 0.1) is 11.6 Å². The zero-order valence-corrected chi connectivity index (χ0v) is 13.7. The summed E-state index contributed by atoms with van der Waals surface area (Å²) in [5, 5.41) is 5.01. The lowest BCUT2D eigenvalue weighted by molar-refractivity contribution is -0.122. The van der Waals surface area contributed by atoms with E-state index in [4.69, 9.17) is 0 Å². The first-order valence-corrected chi connectivity index (χ1v) is 8.36. The summed E-state index contributed by atoms with van der Waals surface area (Å²) in [6.07, 6.45) is 0.238. The number of carbonyl (C=O) groups is 2. The fourth-order valence-corrected chi connectivity index (χ4v) is 3.33. The van der Waals surface area contributed by atoms with E-state index in [-0.39, 0.29) is 24.2 Å². The van der Waals surface area contributed by atoms with Crippen molar-refractivity contribution in [3.63, 3.8) is 0 Å². The number of para-hydroxylation sites is 1. The highest BCUT2D eigenvalue weighted by Crippen LogP contribution is 2.32. The summed E-state index contributed by atoms with van der Waals surface area (Å²) in [5.74, 6) is -0.460. The van der Waals surface area contributed by atoms with Crippen LogP contribution in [0, 0.1) is 5.92 Å². The van der Waals surface area contributed by atoms with Crippen molar-refractivity contribution in [1.29, 1.82) is 0 Å². The minimum Gasteiger partial charge on any atom is -0.326 e. The molecule has 1 heterocycles. The molecule has 0 spiro atoms. The van der Waals surface area contributed by atoms with E-state index in [0.717, 1.165) is 22.1 Å². The molecule has 0 saturated carbocycles. The second kappa shape index (κ2) is 6.40. The highest BCUT2D eigenvalue weighted by atomic mass is 16.2. The molecule has 0 bridgehead atoms. The molecule has 0 aliphatic carbocycles. The molecule has 1 saturated heterocycles.